The number of amides is 1. The molecular weight excluding hydrogens is 272 g/mol. The van der Waals surface area contributed by atoms with Crippen LogP contribution in [0.15, 0.2) is 42.5 Å². The number of carbonyl (C=O) groups excluding carboxylic acids is 1. The van der Waals surface area contributed by atoms with Crippen LogP contribution >= 0.6 is 0 Å². The molecule has 3 rings (SSSR count). The molecule has 108 valence electrons. The summed E-state index contributed by atoms with van der Waals surface area (Å²) < 4.78 is 27.4. The van der Waals surface area contributed by atoms with Gasteiger partial charge in [0, 0.05) is 17.7 Å². The largest absolute Gasteiger partial charge is 0.305 e. The predicted octanol–water partition coefficient (Wildman–Crippen LogP) is 4.01. The summed E-state index contributed by atoms with van der Waals surface area (Å²) >= 11 is 0. The molecule has 1 heterocycles. The lowest BCUT2D eigenvalue weighted by Gasteiger charge is -2.34. The van der Waals surface area contributed by atoms with E-state index in [0.717, 1.165) is 29.4 Å². The van der Waals surface area contributed by atoms with Crippen molar-refractivity contribution in [3.63, 3.8) is 0 Å². The third-order valence-corrected chi connectivity index (χ3v) is 3.92. The highest BCUT2D eigenvalue weighted by Gasteiger charge is 2.30. The van der Waals surface area contributed by atoms with Crippen molar-refractivity contribution in [2.24, 2.45) is 0 Å². The number of aryl methyl sites for hydroxylation is 1. The number of para-hydroxylation sites is 1. The van der Waals surface area contributed by atoms with E-state index in [1.807, 2.05) is 24.3 Å². The zero-order valence-electron chi connectivity index (χ0n) is 11.6. The molecule has 0 spiro atoms. The van der Waals surface area contributed by atoms with E-state index in [4.69, 9.17) is 0 Å². The van der Waals surface area contributed by atoms with Gasteiger partial charge in [-0.2, -0.15) is 0 Å². The van der Waals surface area contributed by atoms with E-state index in [1.165, 1.54) is 0 Å². The van der Waals surface area contributed by atoms with E-state index in [9.17, 15) is 13.6 Å². The molecule has 0 radical (unpaired) electrons. The monoisotopic (exact) mass is 287 g/mol. The highest BCUT2D eigenvalue weighted by molar-refractivity contribution is 5.97. The molecule has 1 atom stereocenters. The number of hydrogen-bond donors (Lipinski definition) is 0. The van der Waals surface area contributed by atoms with Gasteiger partial charge in [-0.25, -0.2) is 8.78 Å². The number of anilines is 1. The van der Waals surface area contributed by atoms with Gasteiger partial charge in [-0.3, -0.25) is 4.79 Å². The topological polar surface area (TPSA) is 20.3 Å². The summed E-state index contributed by atoms with van der Waals surface area (Å²) in [5, 5.41) is 0. The number of benzene rings is 2. The van der Waals surface area contributed by atoms with E-state index in [2.05, 4.69) is 0 Å². The number of carbonyl (C=O) groups is 1. The Labute approximate surface area is 122 Å². The summed E-state index contributed by atoms with van der Waals surface area (Å²) in [6.07, 6.45) is 1.07. The van der Waals surface area contributed by atoms with Crippen LogP contribution in [0, 0.1) is 11.6 Å². The molecule has 21 heavy (non-hydrogen) atoms. The Morgan fingerprint density at radius 3 is 2.67 bits per heavy atom. The molecule has 4 heteroatoms. The van der Waals surface area contributed by atoms with Crippen LogP contribution in [-0.4, -0.2) is 5.91 Å². The van der Waals surface area contributed by atoms with Crippen molar-refractivity contribution in [3.8, 4) is 0 Å². The minimum absolute atomic E-state index is 0.0649. The molecule has 2 aromatic carbocycles. The second-order valence-corrected chi connectivity index (χ2v) is 5.23. The number of nitrogens with zero attached hydrogens (tertiary/aromatic N) is 1. The van der Waals surface area contributed by atoms with Crippen molar-refractivity contribution in [2.75, 3.05) is 4.90 Å². The van der Waals surface area contributed by atoms with Gasteiger partial charge in [-0.15, -0.1) is 0 Å². The highest BCUT2D eigenvalue weighted by atomic mass is 19.1. The molecule has 1 aliphatic rings. The molecule has 0 saturated heterocycles. The van der Waals surface area contributed by atoms with Gasteiger partial charge in [-0.1, -0.05) is 18.2 Å². The second-order valence-electron chi connectivity index (χ2n) is 5.23. The zero-order chi connectivity index (χ0) is 15.0. The van der Waals surface area contributed by atoms with Crippen LogP contribution in [0.1, 0.15) is 30.5 Å². The molecule has 2 nitrogen and oxygen atoms in total. The van der Waals surface area contributed by atoms with Gasteiger partial charge in [0.05, 0.1) is 6.04 Å². The first-order valence-electron chi connectivity index (χ1n) is 6.93. The van der Waals surface area contributed by atoms with E-state index in [0.29, 0.717) is 12.8 Å². The fourth-order valence-corrected chi connectivity index (χ4v) is 2.85. The Balaban J connectivity index is 2.06. The van der Waals surface area contributed by atoms with E-state index >= 15 is 0 Å². The maximum atomic E-state index is 14.0. The average Bonchev–Trinajstić information content (AvgIpc) is 2.49. The first-order valence-corrected chi connectivity index (χ1v) is 6.93. The van der Waals surface area contributed by atoms with Crippen LogP contribution in [0.4, 0.5) is 14.5 Å². The molecule has 0 unspecified atom stereocenters. The van der Waals surface area contributed by atoms with Crippen molar-refractivity contribution < 1.29 is 13.6 Å². The first kappa shape index (κ1) is 13.7. The molecule has 0 bridgehead atoms. The Morgan fingerprint density at radius 2 is 1.86 bits per heavy atom. The smallest absolute Gasteiger partial charge is 0.227 e. The van der Waals surface area contributed by atoms with E-state index in [1.54, 1.807) is 11.8 Å². The SMILES string of the molecule is C[C@@H](c1cc(F)ccc1F)N1C(=O)CCc2ccccc21. The van der Waals surface area contributed by atoms with Crippen LogP contribution in [0.3, 0.4) is 0 Å². The summed E-state index contributed by atoms with van der Waals surface area (Å²) in [6, 6.07) is 10.4. The Kier molecular flexibility index (Phi) is 3.45. The van der Waals surface area contributed by atoms with Crippen molar-refractivity contribution >= 4 is 11.6 Å². The number of hydrogen-bond acceptors (Lipinski definition) is 1. The van der Waals surface area contributed by atoms with Crippen molar-refractivity contribution in [3.05, 3.63) is 65.2 Å². The van der Waals surface area contributed by atoms with Gasteiger partial charge in [0.25, 0.3) is 0 Å². The minimum Gasteiger partial charge on any atom is -0.305 e. The van der Waals surface area contributed by atoms with Crippen LogP contribution < -0.4 is 4.90 Å². The summed E-state index contributed by atoms with van der Waals surface area (Å²) in [5.74, 6) is -1.07. The fourth-order valence-electron chi connectivity index (χ4n) is 2.85. The van der Waals surface area contributed by atoms with Gasteiger partial charge < -0.3 is 4.90 Å². The molecule has 0 N–H and O–H groups in total. The second kappa shape index (κ2) is 5.28. The third-order valence-electron chi connectivity index (χ3n) is 3.92. The lowest BCUT2D eigenvalue weighted by Crippen LogP contribution is -2.37. The van der Waals surface area contributed by atoms with Gasteiger partial charge in [0.15, 0.2) is 0 Å². The van der Waals surface area contributed by atoms with Crippen molar-refractivity contribution in [1.82, 2.24) is 0 Å². The average molecular weight is 287 g/mol. The van der Waals surface area contributed by atoms with Crippen LogP contribution in [-0.2, 0) is 11.2 Å². The Bertz CT molecular complexity index is 699. The summed E-state index contributed by atoms with van der Waals surface area (Å²) in [7, 11) is 0. The van der Waals surface area contributed by atoms with Gasteiger partial charge in [-0.05, 0) is 43.2 Å². The summed E-state index contributed by atoms with van der Waals surface area (Å²) in [6.45, 7) is 1.72. The molecule has 0 saturated carbocycles. The predicted molar refractivity (Wildman–Crippen MR) is 77.0 cm³/mol. The van der Waals surface area contributed by atoms with Crippen LogP contribution in [0.5, 0.6) is 0 Å². The van der Waals surface area contributed by atoms with Gasteiger partial charge >= 0.3 is 0 Å². The number of rotatable bonds is 2. The number of fused-ring (bicyclic) bond motifs is 1. The first-order chi connectivity index (χ1) is 10.1. The standard InChI is InChI=1S/C17H15F2NO/c1-11(14-10-13(18)7-8-15(14)19)20-16-5-3-2-4-12(16)6-9-17(20)21/h2-5,7-8,10-11H,6,9H2,1H3/t11-/m0/s1. The molecule has 0 aliphatic carbocycles. The van der Waals surface area contributed by atoms with E-state index < -0.39 is 17.7 Å². The van der Waals surface area contributed by atoms with E-state index in [-0.39, 0.29) is 11.5 Å². The number of halogens is 2. The molecular formula is C17H15F2NO. The van der Waals surface area contributed by atoms with Crippen LogP contribution in [0.2, 0.25) is 0 Å². The maximum absolute atomic E-state index is 14.0. The molecule has 1 amide bonds. The lowest BCUT2D eigenvalue weighted by molar-refractivity contribution is -0.119. The normalized spacial score (nSPS) is 15.8. The van der Waals surface area contributed by atoms with Gasteiger partial charge in [0.2, 0.25) is 5.91 Å². The van der Waals surface area contributed by atoms with Gasteiger partial charge in [0.1, 0.15) is 11.6 Å². The quantitative estimate of drug-likeness (QED) is 0.817. The Hall–Kier alpha value is -2.23. The highest BCUT2D eigenvalue weighted by Crippen LogP contribution is 2.35. The summed E-state index contributed by atoms with van der Waals surface area (Å²) in [4.78, 5) is 13.8. The van der Waals surface area contributed by atoms with Crippen LogP contribution in [0.25, 0.3) is 0 Å². The molecule has 2 aromatic rings. The van der Waals surface area contributed by atoms with Crippen molar-refractivity contribution in [2.45, 2.75) is 25.8 Å². The van der Waals surface area contributed by atoms with Crippen molar-refractivity contribution in [1.29, 1.82) is 0 Å². The maximum Gasteiger partial charge on any atom is 0.227 e. The lowest BCUT2D eigenvalue weighted by atomic mass is 9.97. The minimum atomic E-state index is -0.547. The zero-order valence-corrected chi connectivity index (χ0v) is 11.6. The fraction of sp³-hybridized carbons (Fsp3) is 0.235. The third kappa shape index (κ3) is 2.42. The summed E-state index contributed by atoms with van der Waals surface area (Å²) in [5.41, 5.74) is 2.03. The molecule has 0 aromatic heterocycles. The molecule has 0 fully saturated rings. The Morgan fingerprint density at radius 1 is 1.10 bits per heavy atom. The molecule has 1 aliphatic heterocycles.